The molecule has 5 rings (SSSR count). The first-order valence-electron chi connectivity index (χ1n) is 13.9. The van der Waals surface area contributed by atoms with Crippen molar-refractivity contribution in [1.29, 1.82) is 0 Å². The molecule has 9 nitrogen and oxygen atoms in total. The summed E-state index contributed by atoms with van der Waals surface area (Å²) in [6, 6.07) is 18.7. The number of hydrogen-bond acceptors (Lipinski definition) is 8. The maximum absolute atomic E-state index is 13.6. The van der Waals surface area contributed by atoms with Crippen LogP contribution >= 0.6 is 0 Å². The third-order valence-electron chi connectivity index (χ3n) is 7.76. The predicted molar refractivity (Wildman–Crippen MR) is 154 cm³/mol. The number of anilines is 1. The SMILES string of the molecule is CCOC(=O)[C@@H]1[C@@H](c2ccc3c(c2)OCO3)CN(CC(=O)Nc2c(CC)cccc2OC)[C@H]1c1ccc(OC)cc1. The molecular weight excluding hydrogens is 524 g/mol. The summed E-state index contributed by atoms with van der Waals surface area (Å²) in [6.45, 7) is 4.77. The van der Waals surface area contributed by atoms with Gasteiger partial charge >= 0.3 is 5.97 Å². The Bertz CT molecular complexity index is 1370. The average molecular weight is 561 g/mol. The van der Waals surface area contributed by atoms with Gasteiger partial charge in [0.1, 0.15) is 11.5 Å². The smallest absolute Gasteiger partial charge is 0.311 e. The Balaban J connectivity index is 1.51. The zero-order valence-electron chi connectivity index (χ0n) is 23.8. The number of para-hydroxylation sites is 1. The molecular formula is C32H36N2O7. The molecule has 3 aromatic carbocycles. The summed E-state index contributed by atoms with van der Waals surface area (Å²) in [5.74, 6) is 1.31. The van der Waals surface area contributed by atoms with Crippen LogP contribution in [-0.2, 0) is 20.7 Å². The highest BCUT2D eigenvalue weighted by atomic mass is 16.7. The predicted octanol–water partition coefficient (Wildman–Crippen LogP) is 4.95. The maximum Gasteiger partial charge on any atom is 0.311 e. The molecule has 2 aliphatic heterocycles. The minimum Gasteiger partial charge on any atom is -0.497 e. The number of carbonyl (C=O) groups excluding carboxylic acids is 2. The van der Waals surface area contributed by atoms with Crippen LogP contribution in [0.3, 0.4) is 0 Å². The van der Waals surface area contributed by atoms with E-state index in [0.717, 1.165) is 23.1 Å². The van der Waals surface area contributed by atoms with Gasteiger partial charge in [-0.2, -0.15) is 0 Å². The van der Waals surface area contributed by atoms with Crippen LogP contribution in [-0.4, -0.2) is 57.5 Å². The highest BCUT2D eigenvalue weighted by Crippen LogP contribution is 2.48. The van der Waals surface area contributed by atoms with Crippen molar-refractivity contribution >= 4 is 17.6 Å². The number of amides is 1. The molecule has 1 saturated heterocycles. The molecule has 2 heterocycles. The molecule has 3 atom stereocenters. The number of likely N-dealkylation sites (tertiary alicyclic amines) is 1. The van der Waals surface area contributed by atoms with E-state index in [1.807, 2.05) is 67.6 Å². The quantitative estimate of drug-likeness (QED) is 0.348. The first kappa shape index (κ1) is 28.3. The van der Waals surface area contributed by atoms with Crippen LogP contribution in [0, 0.1) is 5.92 Å². The lowest BCUT2D eigenvalue weighted by atomic mass is 9.82. The topological polar surface area (TPSA) is 95.6 Å². The lowest BCUT2D eigenvalue weighted by Crippen LogP contribution is -2.35. The first-order valence-corrected chi connectivity index (χ1v) is 13.9. The Morgan fingerprint density at radius 1 is 0.951 bits per heavy atom. The van der Waals surface area contributed by atoms with Crippen molar-refractivity contribution < 1.29 is 33.3 Å². The first-order chi connectivity index (χ1) is 20.0. The van der Waals surface area contributed by atoms with E-state index in [0.29, 0.717) is 35.2 Å². The fourth-order valence-electron chi connectivity index (χ4n) is 5.84. The number of hydrogen-bond donors (Lipinski definition) is 1. The van der Waals surface area contributed by atoms with Gasteiger partial charge in [-0.3, -0.25) is 14.5 Å². The summed E-state index contributed by atoms with van der Waals surface area (Å²) in [4.78, 5) is 29.3. The van der Waals surface area contributed by atoms with Crippen molar-refractivity contribution in [3.63, 3.8) is 0 Å². The zero-order chi connectivity index (χ0) is 28.9. The van der Waals surface area contributed by atoms with Gasteiger partial charge in [-0.05, 0) is 60.4 Å². The molecule has 1 fully saturated rings. The van der Waals surface area contributed by atoms with Crippen LogP contribution in [0.1, 0.15) is 42.5 Å². The van der Waals surface area contributed by atoms with Crippen molar-refractivity contribution in [1.82, 2.24) is 4.90 Å². The van der Waals surface area contributed by atoms with Crippen molar-refractivity contribution in [2.45, 2.75) is 32.2 Å². The van der Waals surface area contributed by atoms with Crippen LogP contribution in [0.5, 0.6) is 23.0 Å². The molecule has 3 aromatic rings. The molecule has 0 bridgehead atoms. The Morgan fingerprint density at radius 2 is 1.71 bits per heavy atom. The molecule has 9 heteroatoms. The fourth-order valence-corrected chi connectivity index (χ4v) is 5.84. The largest absolute Gasteiger partial charge is 0.497 e. The van der Waals surface area contributed by atoms with Gasteiger partial charge in [0.25, 0.3) is 0 Å². The van der Waals surface area contributed by atoms with Crippen molar-refractivity contribution in [3.05, 3.63) is 77.4 Å². The van der Waals surface area contributed by atoms with Gasteiger partial charge in [-0.1, -0.05) is 37.3 Å². The van der Waals surface area contributed by atoms with Gasteiger partial charge in [0.2, 0.25) is 12.7 Å². The average Bonchev–Trinajstić information content (AvgIpc) is 3.61. The molecule has 0 radical (unpaired) electrons. The standard InChI is InChI=1S/C32H36N2O7/c1-5-20-8-7-9-26(38-4)30(20)33-28(35)18-34-17-24(22-12-15-25-27(16-22)41-19-40-25)29(32(36)39-6-2)31(34)21-10-13-23(37-3)14-11-21/h7-16,24,29,31H,5-6,17-19H2,1-4H3,(H,33,35)/t24-,29-,31+/m1/s1. The summed E-state index contributed by atoms with van der Waals surface area (Å²) in [7, 11) is 3.20. The molecule has 2 aliphatic rings. The molecule has 0 spiro atoms. The van der Waals surface area contributed by atoms with Crippen molar-refractivity contribution in [2.24, 2.45) is 5.92 Å². The third kappa shape index (κ3) is 5.81. The van der Waals surface area contributed by atoms with Gasteiger partial charge in [0.05, 0.1) is 39.0 Å². The summed E-state index contributed by atoms with van der Waals surface area (Å²) in [6.07, 6.45) is 0.738. The number of carbonyl (C=O) groups is 2. The second kappa shape index (κ2) is 12.5. The zero-order valence-corrected chi connectivity index (χ0v) is 23.8. The Kier molecular flexibility index (Phi) is 8.64. The molecule has 0 aromatic heterocycles. The van der Waals surface area contributed by atoms with E-state index < -0.39 is 12.0 Å². The minimum absolute atomic E-state index is 0.0643. The monoisotopic (exact) mass is 560 g/mol. The second-order valence-electron chi connectivity index (χ2n) is 10.0. The normalized spacial score (nSPS) is 19.6. The van der Waals surface area contributed by atoms with Crippen molar-refractivity contribution in [3.8, 4) is 23.0 Å². The fraction of sp³-hybridized carbons (Fsp3) is 0.375. The van der Waals surface area contributed by atoms with E-state index in [1.54, 1.807) is 21.1 Å². The number of methoxy groups -OCH3 is 2. The van der Waals surface area contributed by atoms with E-state index in [4.69, 9.17) is 23.7 Å². The molecule has 1 amide bonds. The van der Waals surface area contributed by atoms with Crippen LogP contribution in [0.4, 0.5) is 5.69 Å². The number of benzene rings is 3. The molecule has 0 saturated carbocycles. The Labute approximate surface area is 240 Å². The summed E-state index contributed by atoms with van der Waals surface area (Å²) >= 11 is 0. The summed E-state index contributed by atoms with van der Waals surface area (Å²) in [5.41, 5.74) is 3.46. The van der Waals surface area contributed by atoms with Gasteiger partial charge in [-0.25, -0.2) is 0 Å². The number of ether oxygens (including phenoxy) is 5. The second-order valence-corrected chi connectivity index (χ2v) is 10.0. The van der Waals surface area contributed by atoms with E-state index in [-0.39, 0.29) is 37.7 Å². The van der Waals surface area contributed by atoms with E-state index in [1.165, 1.54) is 0 Å². The van der Waals surface area contributed by atoms with Crippen LogP contribution in [0.15, 0.2) is 60.7 Å². The number of aryl methyl sites for hydroxylation is 1. The van der Waals surface area contributed by atoms with Crippen molar-refractivity contribution in [2.75, 3.05) is 46.0 Å². The maximum atomic E-state index is 13.6. The highest BCUT2D eigenvalue weighted by Gasteiger charge is 2.48. The lowest BCUT2D eigenvalue weighted by Gasteiger charge is -2.28. The number of esters is 1. The number of nitrogens with zero attached hydrogens (tertiary/aromatic N) is 1. The highest BCUT2D eigenvalue weighted by molar-refractivity contribution is 5.94. The molecule has 0 aliphatic carbocycles. The van der Waals surface area contributed by atoms with Gasteiger partial charge in [-0.15, -0.1) is 0 Å². The van der Waals surface area contributed by atoms with Crippen LogP contribution < -0.4 is 24.3 Å². The van der Waals surface area contributed by atoms with Gasteiger partial charge < -0.3 is 29.0 Å². The van der Waals surface area contributed by atoms with Crippen LogP contribution in [0.25, 0.3) is 0 Å². The molecule has 41 heavy (non-hydrogen) atoms. The van der Waals surface area contributed by atoms with Gasteiger partial charge in [0, 0.05) is 18.5 Å². The van der Waals surface area contributed by atoms with Crippen LogP contribution in [0.2, 0.25) is 0 Å². The number of fused-ring (bicyclic) bond motifs is 1. The lowest BCUT2D eigenvalue weighted by molar-refractivity contribution is -0.149. The number of nitrogens with one attached hydrogen (secondary N) is 1. The Morgan fingerprint density at radius 3 is 2.41 bits per heavy atom. The third-order valence-corrected chi connectivity index (χ3v) is 7.76. The molecule has 1 N–H and O–H groups in total. The summed E-state index contributed by atoms with van der Waals surface area (Å²) < 4.78 is 27.7. The van der Waals surface area contributed by atoms with E-state index in [9.17, 15) is 9.59 Å². The minimum atomic E-state index is -0.561. The van der Waals surface area contributed by atoms with E-state index in [2.05, 4.69) is 10.2 Å². The van der Waals surface area contributed by atoms with Gasteiger partial charge in [0.15, 0.2) is 11.5 Å². The molecule has 0 unspecified atom stereocenters. The number of rotatable bonds is 10. The summed E-state index contributed by atoms with van der Waals surface area (Å²) in [5, 5.41) is 3.08. The molecule has 216 valence electrons. The van der Waals surface area contributed by atoms with E-state index >= 15 is 0 Å². The Hall–Kier alpha value is -4.24.